The van der Waals surface area contributed by atoms with Crippen molar-refractivity contribution in [3.8, 4) is 0 Å². The first kappa shape index (κ1) is 16.7. The zero-order valence-electron chi connectivity index (χ0n) is 12.6. The maximum Gasteiger partial charge on any atom is 0.267 e. The summed E-state index contributed by atoms with van der Waals surface area (Å²) >= 11 is 4.01. The molecule has 0 aliphatic rings. The van der Waals surface area contributed by atoms with Gasteiger partial charge in [-0.3, -0.25) is 14.9 Å². The number of aryl methyl sites for hydroxylation is 1. The Morgan fingerprint density at radius 1 is 1.17 bits per heavy atom. The molecule has 0 fully saturated rings. The first-order valence-corrected chi connectivity index (χ1v) is 9.63. The quantitative estimate of drug-likeness (QED) is 0.686. The van der Waals surface area contributed by atoms with Crippen molar-refractivity contribution in [1.82, 2.24) is 15.2 Å². The van der Waals surface area contributed by atoms with Crippen LogP contribution in [0.5, 0.6) is 0 Å². The summed E-state index contributed by atoms with van der Waals surface area (Å²) in [6.07, 6.45) is 0.902. The van der Waals surface area contributed by atoms with Crippen LogP contribution in [0, 0.1) is 0 Å². The van der Waals surface area contributed by atoms with E-state index in [9.17, 15) is 9.59 Å². The van der Waals surface area contributed by atoms with E-state index < -0.39 is 0 Å². The predicted octanol–water partition coefficient (Wildman–Crippen LogP) is 3.05. The molecule has 24 heavy (non-hydrogen) atoms. The lowest BCUT2D eigenvalue weighted by Gasteiger charge is -1.99. The third-order valence-corrected chi connectivity index (χ3v) is 5.53. The molecule has 0 spiro atoms. The second-order valence-corrected chi connectivity index (χ2v) is 7.52. The van der Waals surface area contributed by atoms with Gasteiger partial charge in [-0.25, -0.2) is 4.98 Å². The first-order valence-electron chi connectivity index (χ1n) is 7.05. The minimum absolute atomic E-state index is 0.117. The smallest absolute Gasteiger partial charge is 0.267 e. The predicted molar refractivity (Wildman–Crippen MR) is 96.0 cm³/mol. The Hall–Kier alpha value is -2.17. The number of thiophene rings is 1. The van der Waals surface area contributed by atoms with Crippen molar-refractivity contribution in [3.63, 3.8) is 0 Å². The van der Waals surface area contributed by atoms with Gasteiger partial charge >= 0.3 is 0 Å². The summed E-state index contributed by atoms with van der Waals surface area (Å²) in [5.41, 5.74) is 0.596. The van der Waals surface area contributed by atoms with Crippen LogP contribution in [0.3, 0.4) is 0 Å². The summed E-state index contributed by atoms with van der Waals surface area (Å²) < 4.78 is 0. The SMILES string of the molecule is CCc1nnc(NC(=O)Cc2csc(NC(=O)c3cccs3)n2)s1. The molecular weight excluding hydrogens is 366 g/mol. The molecule has 2 amide bonds. The Balaban J connectivity index is 1.55. The Morgan fingerprint density at radius 3 is 2.75 bits per heavy atom. The number of anilines is 2. The number of amides is 2. The van der Waals surface area contributed by atoms with Gasteiger partial charge in [-0.15, -0.1) is 32.9 Å². The summed E-state index contributed by atoms with van der Waals surface area (Å²) in [5, 5.41) is 18.7. The van der Waals surface area contributed by atoms with Gasteiger partial charge < -0.3 is 5.32 Å². The monoisotopic (exact) mass is 379 g/mol. The van der Waals surface area contributed by atoms with Crippen LogP contribution in [-0.4, -0.2) is 27.0 Å². The normalized spacial score (nSPS) is 10.5. The highest BCUT2D eigenvalue weighted by molar-refractivity contribution is 7.15. The van der Waals surface area contributed by atoms with Gasteiger partial charge in [0.1, 0.15) is 5.01 Å². The molecule has 0 saturated heterocycles. The van der Waals surface area contributed by atoms with E-state index in [0.717, 1.165) is 11.4 Å². The molecule has 0 bridgehead atoms. The highest BCUT2D eigenvalue weighted by atomic mass is 32.1. The zero-order chi connectivity index (χ0) is 16.9. The van der Waals surface area contributed by atoms with Gasteiger partial charge in [0, 0.05) is 5.38 Å². The van der Waals surface area contributed by atoms with Crippen molar-refractivity contribution in [2.75, 3.05) is 10.6 Å². The number of aromatic nitrogens is 3. The summed E-state index contributed by atoms with van der Waals surface area (Å²) in [5.74, 6) is -0.411. The topological polar surface area (TPSA) is 96.9 Å². The number of nitrogens with one attached hydrogen (secondary N) is 2. The molecular formula is C14H13N5O2S3. The number of hydrogen-bond acceptors (Lipinski definition) is 8. The van der Waals surface area contributed by atoms with Gasteiger partial charge in [-0.1, -0.05) is 24.3 Å². The molecule has 0 aromatic carbocycles. The fourth-order valence-electron chi connectivity index (χ4n) is 1.79. The summed E-state index contributed by atoms with van der Waals surface area (Å²) in [6.45, 7) is 1.98. The van der Waals surface area contributed by atoms with Crippen LogP contribution in [0.25, 0.3) is 0 Å². The van der Waals surface area contributed by atoms with Gasteiger partial charge in [-0.05, 0) is 17.9 Å². The number of rotatable bonds is 6. The van der Waals surface area contributed by atoms with Crippen molar-refractivity contribution in [2.24, 2.45) is 0 Å². The number of carbonyl (C=O) groups excluding carboxylic acids is 2. The second-order valence-electron chi connectivity index (χ2n) is 4.65. The minimum atomic E-state index is -0.213. The van der Waals surface area contributed by atoms with Gasteiger partial charge in [0.25, 0.3) is 5.91 Å². The van der Waals surface area contributed by atoms with Crippen LogP contribution in [0.1, 0.15) is 27.3 Å². The number of nitrogens with zero attached hydrogens (tertiary/aromatic N) is 3. The van der Waals surface area contributed by atoms with Gasteiger partial charge in [0.2, 0.25) is 11.0 Å². The van der Waals surface area contributed by atoms with Crippen molar-refractivity contribution in [3.05, 3.63) is 38.5 Å². The third-order valence-electron chi connectivity index (χ3n) is 2.87. The molecule has 124 valence electrons. The van der Waals surface area contributed by atoms with E-state index in [1.165, 1.54) is 34.0 Å². The second kappa shape index (κ2) is 7.60. The van der Waals surface area contributed by atoms with Crippen molar-refractivity contribution in [1.29, 1.82) is 0 Å². The molecule has 0 radical (unpaired) electrons. The fourth-order valence-corrected chi connectivity index (χ4v) is 3.81. The molecule has 3 aromatic rings. The first-order chi connectivity index (χ1) is 11.6. The molecule has 2 N–H and O–H groups in total. The van der Waals surface area contributed by atoms with Crippen LogP contribution < -0.4 is 10.6 Å². The Labute approximate surface area is 149 Å². The Kier molecular flexibility index (Phi) is 5.28. The lowest BCUT2D eigenvalue weighted by molar-refractivity contribution is -0.115. The zero-order valence-corrected chi connectivity index (χ0v) is 15.1. The van der Waals surface area contributed by atoms with Crippen LogP contribution in [0.2, 0.25) is 0 Å². The van der Waals surface area contributed by atoms with E-state index >= 15 is 0 Å². The maximum absolute atomic E-state index is 12.0. The molecule has 3 aromatic heterocycles. The van der Waals surface area contributed by atoms with Crippen molar-refractivity contribution >= 4 is 56.1 Å². The third kappa shape index (κ3) is 4.22. The van der Waals surface area contributed by atoms with E-state index in [4.69, 9.17) is 0 Å². The molecule has 0 aliphatic carbocycles. The van der Waals surface area contributed by atoms with E-state index in [0.29, 0.717) is 20.8 Å². The Morgan fingerprint density at radius 2 is 2.04 bits per heavy atom. The lowest BCUT2D eigenvalue weighted by atomic mass is 10.3. The Bertz CT molecular complexity index is 840. The van der Waals surface area contributed by atoms with Crippen LogP contribution >= 0.6 is 34.0 Å². The average Bonchev–Trinajstić information content (AvgIpc) is 3.28. The molecule has 0 atom stereocenters. The van der Waals surface area contributed by atoms with E-state index in [1.54, 1.807) is 11.4 Å². The van der Waals surface area contributed by atoms with Gasteiger partial charge in [0.15, 0.2) is 5.13 Å². The molecule has 7 nitrogen and oxygen atoms in total. The molecule has 10 heteroatoms. The molecule has 3 heterocycles. The fraction of sp³-hybridized carbons (Fsp3) is 0.214. The summed E-state index contributed by atoms with van der Waals surface area (Å²) in [4.78, 5) is 28.8. The van der Waals surface area contributed by atoms with Crippen LogP contribution in [0.4, 0.5) is 10.3 Å². The molecule has 0 saturated carbocycles. The van der Waals surface area contributed by atoms with Crippen LogP contribution in [-0.2, 0) is 17.6 Å². The van der Waals surface area contributed by atoms with Crippen molar-refractivity contribution < 1.29 is 9.59 Å². The molecule has 0 unspecified atom stereocenters. The highest BCUT2D eigenvalue weighted by Gasteiger charge is 2.13. The highest BCUT2D eigenvalue weighted by Crippen LogP contribution is 2.19. The standard InChI is InChI=1S/C14H13N5O2S3/c1-2-11-18-19-14(24-11)16-10(20)6-8-7-23-13(15-8)17-12(21)9-4-3-5-22-9/h3-5,7H,2,6H2,1H3,(H,15,17,21)(H,16,19,20). The molecule has 3 rings (SSSR count). The summed E-state index contributed by atoms with van der Waals surface area (Å²) in [7, 11) is 0. The number of carbonyl (C=O) groups is 2. The number of thiazole rings is 1. The van der Waals surface area contributed by atoms with Crippen LogP contribution in [0.15, 0.2) is 22.9 Å². The average molecular weight is 379 g/mol. The van der Waals surface area contributed by atoms with E-state index in [1.807, 2.05) is 18.4 Å². The van der Waals surface area contributed by atoms with E-state index in [2.05, 4.69) is 25.8 Å². The number of hydrogen-bond donors (Lipinski definition) is 2. The minimum Gasteiger partial charge on any atom is -0.300 e. The maximum atomic E-state index is 12.0. The lowest BCUT2D eigenvalue weighted by Crippen LogP contribution is -2.15. The van der Waals surface area contributed by atoms with Crippen molar-refractivity contribution in [2.45, 2.75) is 19.8 Å². The molecule has 0 aliphatic heterocycles. The van der Waals surface area contributed by atoms with Gasteiger partial charge in [0.05, 0.1) is 17.0 Å². The van der Waals surface area contributed by atoms with E-state index in [-0.39, 0.29) is 18.2 Å². The largest absolute Gasteiger partial charge is 0.300 e. The van der Waals surface area contributed by atoms with Gasteiger partial charge in [-0.2, -0.15) is 0 Å². The summed E-state index contributed by atoms with van der Waals surface area (Å²) in [6, 6.07) is 3.56.